The Morgan fingerprint density at radius 3 is 1.68 bits per heavy atom. The Kier molecular flexibility index (Phi) is 10.4. The van der Waals surface area contributed by atoms with Crippen molar-refractivity contribution in [1.82, 2.24) is 9.55 Å². The van der Waals surface area contributed by atoms with E-state index in [1.807, 2.05) is 6.20 Å². The molecule has 0 bridgehead atoms. The fourth-order valence-corrected chi connectivity index (χ4v) is 9.15. The lowest BCUT2D eigenvalue weighted by Gasteiger charge is -2.29. The van der Waals surface area contributed by atoms with Crippen LogP contribution in [0.4, 0.5) is 11.4 Å². The Bertz CT molecular complexity index is 2960. The van der Waals surface area contributed by atoms with Crippen LogP contribution in [0.25, 0.3) is 27.6 Å². The Labute approximate surface area is 374 Å². The normalized spacial score (nSPS) is 13.7. The Morgan fingerprint density at radius 2 is 1.05 bits per heavy atom. The molecule has 0 amide bonds. The van der Waals surface area contributed by atoms with Crippen molar-refractivity contribution < 1.29 is 4.74 Å². The zero-order valence-electron chi connectivity index (χ0n) is 38.6. The Morgan fingerprint density at radius 1 is 0.460 bits per heavy atom. The first-order valence-electron chi connectivity index (χ1n) is 22.3. The standard InChI is InChI=1S/C58H60N4O/c1-55(2,3)40-25-27-45(28-26-40)60-31-32-61(39-60)46-33-44(58(9,10)42-21-15-12-16-22-42)34-47(36-46)63-48-37-50(56(4,5)6)54-49-23-17-18-24-51(49)62(52(54)38-48)53-35-43(29-30-59-53)57(7,8)41-19-13-11-14-20-41/h11-38H,39H2,1-10H3. The van der Waals surface area contributed by atoms with Gasteiger partial charge < -0.3 is 14.5 Å². The summed E-state index contributed by atoms with van der Waals surface area (Å²) >= 11 is 0. The number of ether oxygens (including phenoxy) is 1. The van der Waals surface area contributed by atoms with E-state index in [4.69, 9.17) is 9.72 Å². The maximum Gasteiger partial charge on any atom is 0.137 e. The highest BCUT2D eigenvalue weighted by molar-refractivity contribution is 6.11. The minimum Gasteiger partial charge on any atom is -0.457 e. The van der Waals surface area contributed by atoms with E-state index in [0.29, 0.717) is 6.67 Å². The van der Waals surface area contributed by atoms with Gasteiger partial charge >= 0.3 is 0 Å². The zero-order valence-corrected chi connectivity index (χ0v) is 38.6. The molecule has 0 fully saturated rings. The van der Waals surface area contributed by atoms with Crippen LogP contribution in [0.15, 0.2) is 170 Å². The zero-order chi connectivity index (χ0) is 44.3. The number of aromatic nitrogens is 2. The highest BCUT2D eigenvalue weighted by Gasteiger charge is 2.29. The van der Waals surface area contributed by atoms with Crippen molar-refractivity contribution in [1.29, 1.82) is 0 Å². The average molecular weight is 829 g/mol. The third-order valence-corrected chi connectivity index (χ3v) is 13.2. The molecule has 0 unspecified atom stereocenters. The second-order valence-corrected chi connectivity index (χ2v) is 20.3. The summed E-state index contributed by atoms with van der Waals surface area (Å²) in [5.74, 6) is 2.46. The van der Waals surface area contributed by atoms with Crippen molar-refractivity contribution in [2.75, 3.05) is 16.5 Å². The third kappa shape index (κ3) is 7.90. The number of nitrogens with zero attached hydrogens (tertiary/aromatic N) is 4. The second kappa shape index (κ2) is 15.6. The number of rotatable bonds is 9. The first kappa shape index (κ1) is 41.7. The van der Waals surface area contributed by atoms with Crippen LogP contribution in [0.1, 0.15) is 103 Å². The number of pyridine rings is 1. The quantitative estimate of drug-likeness (QED) is 0.145. The third-order valence-electron chi connectivity index (χ3n) is 13.2. The number of benzene rings is 6. The number of hydrogen-bond donors (Lipinski definition) is 0. The molecule has 1 aliphatic rings. The molecule has 5 heteroatoms. The van der Waals surface area contributed by atoms with Gasteiger partial charge in [0.2, 0.25) is 0 Å². The molecular weight excluding hydrogens is 769 g/mol. The molecule has 0 spiro atoms. The van der Waals surface area contributed by atoms with Crippen molar-refractivity contribution in [3.63, 3.8) is 0 Å². The van der Waals surface area contributed by atoms with E-state index in [0.717, 1.165) is 34.0 Å². The van der Waals surface area contributed by atoms with E-state index in [9.17, 15) is 0 Å². The molecule has 0 saturated heterocycles. The molecule has 0 N–H and O–H groups in total. The maximum absolute atomic E-state index is 7.18. The van der Waals surface area contributed by atoms with E-state index < -0.39 is 0 Å². The molecule has 0 radical (unpaired) electrons. The number of para-hydroxylation sites is 1. The number of hydrogen-bond acceptors (Lipinski definition) is 4. The molecule has 0 aliphatic carbocycles. The minimum atomic E-state index is -0.293. The molecule has 0 atom stereocenters. The van der Waals surface area contributed by atoms with Crippen molar-refractivity contribution in [3.8, 4) is 17.3 Å². The number of fused-ring (bicyclic) bond motifs is 3. The van der Waals surface area contributed by atoms with Crippen LogP contribution in [0.2, 0.25) is 0 Å². The van der Waals surface area contributed by atoms with Gasteiger partial charge in [-0.05, 0) is 92.7 Å². The molecule has 0 saturated carbocycles. The van der Waals surface area contributed by atoms with Crippen LogP contribution in [0.3, 0.4) is 0 Å². The van der Waals surface area contributed by atoms with E-state index in [1.54, 1.807) is 0 Å². The fourth-order valence-electron chi connectivity index (χ4n) is 9.15. The van der Waals surface area contributed by atoms with Crippen molar-refractivity contribution in [2.45, 2.75) is 90.9 Å². The molecule has 3 heterocycles. The van der Waals surface area contributed by atoms with Gasteiger partial charge in [0, 0.05) is 63.7 Å². The molecule has 63 heavy (non-hydrogen) atoms. The summed E-state index contributed by atoms with van der Waals surface area (Å²) in [5.41, 5.74) is 11.3. The highest BCUT2D eigenvalue weighted by Crippen LogP contribution is 2.44. The summed E-state index contributed by atoms with van der Waals surface area (Å²) in [7, 11) is 0. The predicted octanol–water partition coefficient (Wildman–Crippen LogP) is 15.0. The molecule has 318 valence electrons. The predicted molar refractivity (Wildman–Crippen MR) is 265 cm³/mol. The van der Waals surface area contributed by atoms with Gasteiger partial charge in [0.25, 0.3) is 0 Å². The summed E-state index contributed by atoms with van der Waals surface area (Å²) < 4.78 is 9.50. The van der Waals surface area contributed by atoms with Gasteiger partial charge in [0.05, 0.1) is 17.7 Å². The first-order valence-corrected chi connectivity index (χ1v) is 22.3. The van der Waals surface area contributed by atoms with Crippen LogP contribution < -0.4 is 14.5 Å². The van der Waals surface area contributed by atoms with Crippen molar-refractivity contribution in [2.24, 2.45) is 0 Å². The van der Waals surface area contributed by atoms with Gasteiger partial charge in [0.1, 0.15) is 17.3 Å². The van der Waals surface area contributed by atoms with Crippen LogP contribution in [0.5, 0.6) is 11.5 Å². The summed E-state index contributed by atoms with van der Waals surface area (Å²) in [6, 6.07) is 54.8. The van der Waals surface area contributed by atoms with E-state index in [2.05, 4.69) is 248 Å². The fraction of sp³-hybridized carbons (Fsp3) is 0.259. The lowest BCUT2D eigenvalue weighted by molar-refractivity contribution is 0.477. The van der Waals surface area contributed by atoms with E-state index in [-0.39, 0.29) is 21.7 Å². The van der Waals surface area contributed by atoms with Crippen molar-refractivity contribution in [3.05, 3.63) is 204 Å². The monoisotopic (exact) mass is 828 g/mol. The van der Waals surface area contributed by atoms with Gasteiger partial charge in [0.15, 0.2) is 0 Å². The maximum atomic E-state index is 7.18. The van der Waals surface area contributed by atoms with Gasteiger partial charge in [-0.15, -0.1) is 0 Å². The molecule has 1 aliphatic heterocycles. The Hall–Kier alpha value is -6.59. The summed E-state index contributed by atoms with van der Waals surface area (Å²) in [4.78, 5) is 9.68. The molecule has 8 aromatic rings. The highest BCUT2D eigenvalue weighted by atomic mass is 16.5. The number of anilines is 2. The van der Waals surface area contributed by atoms with Gasteiger partial charge in [-0.1, -0.05) is 160 Å². The molecule has 5 nitrogen and oxygen atoms in total. The topological polar surface area (TPSA) is 33.5 Å². The second-order valence-electron chi connectivity index (χ2n) is 20.3. The summed E-state index contributed by atoms with van der Waals surface area (Å²) in [6.07, 6.45) is 6.31. The van der Waals surface area contributed by atoms with Crippen LogP contribution >= 0.6 is 0 Å². The van der Waals surface area contributed by atoms with Crippen LogP contribution in [-0.4, -0.2) is 16.2 Å². The lowest BCUT2D eigenvalue weighted by Crippen LogP contribution is -2.25. The van der Waals surface area contributed by atoms with Crippen molar-refractivity contribution >= 4 is 33.2 Å². The first-order chi connectivity index (χ1) is 30.0. The van der Waals surface area contributed by atoms with Gasteiger partial charge in [-0.2, -0.15) is 0 Å². The minimum absolute atomic E-state index is 0.101. The average Bonchev–Trinajstić information content (AvgIpc) is 3.90. The van der Waals surface area contributed by atoms with Crippen LogP contribution in [0, 0.1) is 0 Å². The van der Waals surface area contributed by atoms with E-state index >= 15 is 0 Å². The van der Waals surface area contributed by atoms with E-state index in [1.165, 1.54) is 49.8 Å². The molecule has 9 rings (SSSR count). The SMILES string of the molecule is CC(C)(C)c1ccc(N2C=CN(c3cc(Oc4cc(C(C)(C)C)c5c6ccccc6n(-c6cc(C(C)(C)c7ccccc7)ccn6)c5c4)cc(C(C)(C)c4ccccc4)c3)C2)cc1. The Balaban J connectivity index is 1.17. The van der Waals surface area contributed by atoms with Crippen LogP contribution in [-0.2, 0) is 21.7 Å². The largest absolute Gasteiger partial charge is 0.457 e. The molecule has 2 aromatic heterocycles. The smallest absolute Gasteiger partial charge is 0.137 e. The summed E-state index contributed by atoms with van der Waals surface area (Å²) in [5, 5.41) is 2.42. The summed E-state index contributed by atoms with van der Waals surface area (Å²) in [6.45, 7) is 23.5. The lowest BCUT2D eigenvalue weighted by atomic mass is 9.78. The van der Waals surface area contributed by atoms with Gasteiger partial charge in [-0.3, -0.25) is 4.57 Å². The molecular formula is C58H60N4O. The molecule has 6 aromatic carbocycles. The van der Waals surface area contributed by atoms with Gasteiger partial charge in [-0.25, -0.2) is 4.98 Å².